The van der Waals surface area contributed by atoms with E-state index in [1.54, 1.807) is 19.2 Å². The van der Waals surface area contributed by atoms with E-state index in [1.165, 1.54) is 0 Å². The van der Waals surface area contributed by atoms with Gasteiger partial charge < -0.3 is 9.84 Å². The Morgan fingerprint density at radius 1 is 1.38 bits per heavy atom. The highest BCUT2D eigenvalue weighted by molar-refractivity contribution is 14.1. The van der Waals surface area contributed by atoms with Gasteiger partial charge in [0, 0.05) is 5.56 Å². The predicted molar refractivity (Wildman–Crippen MR) is 71.4 cm³/mol. The van der Waals surface area contributed by atoms with E-state index in [9.17, 15) is 4.79 Å². The van der Waals surface area contributed by atoms with Crippen LogP contribution in [0.3, 0.4) is 0 Å². The molecule has 0 atom stereocenters. The lowest BCUT2D eigenvalue weighted by Gasteiger charge is -2.23. The van der Waals surface area contributed by atoms with Crippen LogP contribution >= 0.6 is 22.6 Å². The number of ether oxygens (including phenoxy) is 1. The average molecular weight is 334 g/mol. The molecule has 1 aromatic carbocycles. The summed E-state index contributed by atoms with van der Waals surface area (Å²) in [7, 11) is 1.60. The summed E-state index contributed by atoms with van der Waals surface area (Å²) in [5.41, 5.74) is 1.07. The van der Waals surface area contributed by atoms with Gasteiger partial charge in [0.2, 0.25) is 0 Å². The van der Waals surface area contributed by atoms with E-state index in [0.717, 1.165) is 14.9 Å². The van der Waals surface area contributed by atoms with E-state index in [2.05, 4.69) is 22.6 Å². The van der Waals surface area contributed by atoms with Gasteiger partial charge >= 0.3 is 5.97 Å². The molecule has 0 amide bonds. The monoisotopic (exact) mass is 334 g/mol. The molecule has 4 heteroatoms. The number of carbonyl (C=O) groups is 1. The van der Waals surface area contributed by atoms with Crippen LogP contribution in [0.2, 0.25) is 0 Å². The summed E-state index contributed by atoms with van der Waals surface area (Å²) in [6.45, 7) is 6.10. The molecule has 0 saturated carbocycles. The zero-order valence-corrected chi connectivity index (χ0v) is 12.0. The first kappa shape index (κ1) is 13.3. The molecule has 0 aliphatic heterocycles. The van der Waals surface area contributed by atoms with Crippen molar-refractivity contribution in [2.45, 2.75) is 26.2 Å². The molecule has 0 aliphatic rings. The third kappa shape index (κ3) is 2.66. The molecule has 0 heterocycles. The van der Waals surface area contributed by atoms with Crippen molar-refractivity contribution in [2.75, 3.05) is 7.11 Å². The molecule has 0 fully saturated rings. The van der Waals surface area contributed by atoms with Crippen LogP contribution in [0.5, 0.6) is 5.75 Å². The molecule has 0 aliphatic carbocycles. The molecule has 0 saturated heterocycles. The fraction of sp³-hybridized carbons (Fsp3) is 0.417. The van der Waals surface area contributed by atoms with Crippen LogP contribution in [0.15, 0.2) is 12.1 Å². The molecule has 0 aromatic heterocycles. The minimum Gasteiger partial charge on any atom is -0.495 e. The molecule has 88 valence electrons. The Bertz CT molecular complexity index is 419. The lowest BCUT2D eigenvalue weighted by Crippen LogP contribution is -2.15. The summed E-state index contributed by atoms with van der Waals surface area (Å²) in [4.78, 5) is 11.0. The van der Waals surface area contributed by atoms with E-state index in [0.29, 0.717) is 5.56 Å². The number of methoxy groups -OCH3 is 1. The lowest BCUT2D eigenvalue weighted by atomic mass is 9.85. The number of aromatic carboxylic acids is 1. The number of benzene rings is 1. The summed E-state index contributed by atoms with van der Waals surface area (Å²) in [6.07, 6.45) is 0. The van der Waals surface area contributed by atoms with Gasteiger partial charge in [-0.05, 0) is 40.1 Å². The Labute approximate surface area is 109 Å². The highest BCUT2D eigenvalue weighted by Crippen LogP contribution is 2.35. The summed E-state index contributed by atoms with van der Waals surface area (Å²) in [6, 6.07) is 3.31. The van der Waals surface area contributed by atoms with E-state index < -0.39 is 5.97 Å². The maximum atomic E-state index is 11.0. The summed E-state index contributed by atoms with van der Waals surface area (Å²) >= 11 is 2.10. The van der Waals surface area contributed by atoms with Crippen molar-refractivity contribution in [1.29, 1.82) is 0 Å². The molecule has 1 aromatic rings. The van der Waals surface area contributed by atoms with Crippen molar-refractivity contribution in [3.63, 3.8) is 0 Å². The van der Waals surface area contributed by atoms with E-state index in [4.69, 9.17) is 9.84 Å². The Morgan fingerprint density at radius 2 is 1.94 bits per heavy atom. The zero-order valence-electron chi connectivity index (χ0n) is 9.80. The fourth-order valence-electron chi connectivity index (χ4n) is 1.48. The molecule has 3 nitrogen and oxygen atoms in total. The normalized spacial score (nSPS) is 11.3. The number of rotatable bonds is 2. The second kappa shape index (κ2) is 4.61. The minimum absolute atomic E-state index is 0.142. The Hall–Kier alpha value is -0.780. The second-order valence-electron chi connectivity index (χ2n) is 4.59. The first-order valence-corrected chi connectivity index (χ1v) is 5.96. The largest absolute Gasteiger partial charge is 0.495 e. The molecular weight excluding hydrogens is 319 g/mol. The number of carboxylic acids is 1. The second-order valence-corrected chi connectivity index (χ2v) is 5.76. The van der Waals surface area contributed by atoms with E-state index >= 15 is 0 Å². The van der Waals surface area contributed by atoms with Gasteiger partial charge in [-0.3, -0.25) is 0 Å². The van der Waals surface area contributed by atoms with Crippen molar-refractivity contribution in [3.8, 4) is 5.75 Å². The standard InChI is InChI=1S/C12H15IO3/c1-12(2,3)8-5-7(11(14)15)6-9(13)10(8)16-4/h5-6H,1-4H3,(H,14,15). The Balaban J connectivity index is 3.49. The maximum absolute atomic E-state index is 11.0. The number of carboxylic acid groups (broad SMARTS) is 1. The highest BCUT2D eigenvalue weighted by atomic mass is 127. The quantitative estimate of drug-likeness (QED) is 0.845. The minimum atomic E-state index is -0.911. The summed E-state index contributed by atoms with van der Waals surface area (Å²) in [5, 5.41) is 9.02. The van der Waals surface area contributed by atoms with Crippen molar-refractivity contribution >= 4 is 28.6 Å². The zero-order chi connectivity index (χ0) is 12.5. The maximum Gasteiger partial charge on any atom is 0.335 e. The van der Waals surface area contributed by atoms with Crippen LogP contribution in [-0.2, 0) is 5.41 Å². The Morgan fingerprint density at radius 3 is 2.31 bits per heavy atom. The highest BCUT2D eigenvalue weighted by Gasteiger charge is 2.23. The first-order chi connectivity index (χ1) is 7.27. The molecule has 0 spiro atoms. The summed E-state index contributed by atoms with van der Waals surface area (Å²) < 4.78 is 6.16. The predicted octanol–water partition coefficient (Wildman–Crippen LogP) is 3.30. The molecule has 16 heavy (non-hydrogen) atoms. The van der Waals surface area contributed by atoms with E-state index in [-0.39, 0.29) is 5.41 Å². The van der Waals surface area contributed by atoms with Crippen molar-refractivity contribution in [2.24, 2.45) is 0 Å². The van der Waals surface area contributed by atoms with Crippen LogP contribution in [0, 0.1) is 3.57 Å². The van der Waals surface area contributed by atoms with Crippen LogP contribution in [0.4, 0.5) is 0 Å². The van der Waals surface area contributed by atoms with Crippen molar-refractivity contribution < 1.29 is 14.6 Å². The topological polar surface area (TPSA) is 46.5 Å². The van der Waals surface area contributed by atoms with Gasteiger partial charge in [0.05, 0.1) is 16.2 Å². The molecular formula is C12H15IO3. The van der Waals surface area contributed by atoms with Gasteiger partial charge in [-0.2, -0.15) is 0 Å². The first-order valence-electron chi connectivity index (χ1n) is 4.88. The molecule has 0 unspecified atom stereocenters. The molecule has 1 rings (SSSR count). The van der Waals surface area contributed by atoms with Gasteiger partial charge in [-0.1, -0.05) is 20.8 Å². The lowest BCUT2D eigenvalue weighted by molar-refractivity contribution is 0.0696. The number of hydrogen-bond acceptors (Lipinski definition) is 2. The number of halogens is 1. The smallest absolute Gasteiger partial charge is 0.335 e. The molecule has 0 bridgehead atoms. The number of hydrogen-bond donors (Lipinski definition) is 1. The van der Waals surface area contributed by atoms with Gasteiger partial charge in [0.1, 0.15) is 5.75 Å². The SMILES string of the molecule is COc1c(I)cc(C(=O)O)cc1C(C)(C)C. The van der Waals surface area contributed by atoms with Gasteiger partial charge in [0.15, 0.2) is 0 Å². The third-order valence-corrected chi connectivity index (χ3v) is 3.10. The molecule has 0 radical (unpaired) electrons. The van der Waals surface area contributed by atoms with Crippen molar-refractivity contribution in [1.82, 2.24) is 0 Å². The molecule has 1 N–H and O–H groups in total. The van der Waals surface area contributed by atoms with E-state index in [1.807, 2.05) is 20.8 Å². The van der Waals surface area contributed by atoms with Crippen molar-refractivity contribution in [3.05, 3.63) is 26.8 Å². The van der Waals surface area contributed by atoms with Crippen LogP contribution < -0.4 is 4.74 Å². The van der Waals surface area contributed by atoms with Gasteiger partial charge in [-0.25, -0.2) is 4.79 Å². The van der Waals surface area contributed by atoms with Gasteiger partial charge in [-0.15, -0.1) is 0 Å². The van der Waals surface area contributed by atoms with Crippen LogP contribution in [0.25, 0.3) is 0 Å². The third-order valence-electron chi connectivity index (χ3n) is 2.30. The average Bonchev–Trinajstić information content (AvgIpc) is 2.14. The van der Waals surface area contributed by atoms with Gasteiger partial charge in [0.25, 0.3) is 0 Å². The summed E-state index contributed by atoms with van der Waals surface area (Å²) in [5.74, 6) is -0.149. The van der Waals surface area contributed by atoms with Crippen LogP contribution in [-0.4, -0.2) is 18.2 Å². The Kier molecular flexibility index (Phi) is 3.83. The fourth-order valence-corrected chi connectivity index (χ4v) is 2.33. The van der Waals surface area contributed by atoms with Crippen LogP contribution in [0.1, 0.15) is 36.7 Å².